The minimum Gasteiger partial charge on any atom is -0.496 e. The Morgan fingerprint density at radius 1 is 1.21 bits per heavy atom. The lowest BCUT2D eigenvalue weighted by Crippen LogP contribution is -2.41. The molecule has 3 aromatic heterocycles. The topological polar surface area (TPSA) is 102 Å². The number of methoxy groups -OCH3 is 1. The number of hydrogen-bond donors (Lipinski definition) is 2. The van der Waals surface area contributed by atoms with Crippen molar-refractivity contribution in [2.75, 3.05) is 26.9 Å². The number of nitrogens with one attached hydrogen (secondary N) is 2. The quantitative estimate of drug-likeness (QED) is 0.494. The third kappa shape index (κ3) is 3.13. The van der Waals surface area contributed by atoms with Crippen LogP contribution in [0.3, 0.4) is 0 Å². The standard InChI is InChI=1S/C23H25N7O3/c1-28-20-12-24-19-8-21(32-2)17(14-9-25-26-10-14)7-18(19)22(20)30(23(28)31)16-11-27-29(13-16)15-3-5-33-6-4-15/h7-10,12-13,15,27H,3-6,11H2,1-2H3,(H,25,26). The summed E-state index contributed by atoms with van der Waals surface area (Å²) in [5.74, 6) is 0.702. The van der Waals surface area contributed by atoms with E-state index in [4.69, 9.17) is 9.47 Å². The second kappa shape index (κ2) is 7.75. The average molecular weight is 447 g/mol. The maximum absolute atomic E-state index is 13.4. The lowest BCUT2D eigenvalue weighted by atomic mass is 10.0. The molecule has 0 unspecified atom stereocenters. The van der Waals surface area contributed by atoms with Crippen LogP contribution >= 0.6 is 0 Å². The largest absolute Gasteiger partial charge is 0.496 e. The number of fused-ring (bicyclic) bond motifs is 3. The third-order valence-electron chi connectivity index (χ3n) is 6.62. The molecule has 1 saturated heterocycles. The van der Waals surface area contributed by atoms with Crippen molar-refractivity contribution in [2.24, 2.45) is 7.05 Å². The molecule has 0 bridgehead atoms. The van der Waals surface area contributed by atoms with Gasteiger partial charge in [0, 0.05) is 61.3 Å². The van der Waals surface area contributed by atoms with E-state index in [2.05, 4.69) is 31.8 Å². The number of pyridine rings is 1. The van der Waals surface area contributed by atoms with Crippen LogP contribution in [-0.4, -0.2) is 62.2 Å². The van der Waals surface area contributed by atoms with Crippen LogP contribution in [0.5, 0.6) is 5.75 Å². The Bertz CT molecular complexity index is 1430. The molecule has 5 heterocycles. The first kappa shape index (κ1) is 20.0. The number of benzene rings is 1. The smallest absolute Gasteiger partial charge is 0.333 e. The Labute approximate surface area is 189 Å². The minimum absolute atomic E-state index is 0.0955. The van der Waals surface area contributed by atoms with Crippen LogP contribution in [0, 0.1) is 0 Å². The maximum Gasteiger partial charge on any atom is 0.333 e. The number of rotatable bonds is 4. The molecule has 10 nitrogen and oxygen atoms in total. The highest BCUT2D eigenvalue weighted by atomic mass is 16.5. The molecule has 0 radical (unpaired) electrons. The van der Waals surface area contributed by atoms with E-state index in [-0.39, 0.29) is 5.69 Å². The van der Waals surface area contributed by atoms with Crippen molar-refractivity contribution in [3.63, 3.8) is 0 Å². The van der Waals surface area contributed by atoms with Crippen LogP contribution < -0.4 is 15.9 Å². The first-order chi connectivity index (χ1) is 16.2. The lowest BCUT2D eigenvalue weighted by Gasteiger charge is -2.30. The van der Waals surface area contributed by atoms with E-state index in [1.165, 1.54) is 0 Å². The number of hydrazine groups is 1. The molecular formula is C23H25N7O3. The molecule has 2 aliphatic rings. The first-order valence-electron chi connectivity index (χ1n) is 11.0. The molecule has 4 aromatic rings. The molecule has 0 atom stereocenters. The van der Waals surface area contributed by atoms with Gasteiger partial charge in [-0.1, -0.05) is 0 Å². The van der Waals surface area contributed by atoms with Crippen LogP contribution in [0.15, 0.2) is 41.7 Å². The molecular weight excluding hydrogens is 422 g/mol. The monoisotopic (exact) mass is 447 g/mol. The Morgan fingerprint density at radius 2 is 2.06 bits per heavy atom. The fourth-order valence-corrected chi connectivity index (χ4v) is 4.84. The van der Waals surface area contributed by atoms with Gasteiger partial charge in [-0.05, 0) is 18.9 Å². The summed E-state index contributed by atoms with van der Waals surface area (Å²) in [5, 5.41) is 9.95. The van der Waals surface area contributed by atoms with Crippen molar-refractivity contribution >= 4 is 27.6 Å². The Hall–Kier alpha value is -3.63. The number of aryl methyl sites for hydroxylation is 1. The molecule has 0 amide bonds. The van der Waals surface area contributed by atoms with E-state index in [1.54, 1.807) is 35.7 Å². The Balaban J connectivity index is 1.57. The lowest BCUT2D eigenvalue weighted by molar-refractivity contribution is 0.0391. The summed E-state index contributed by atoms with van der Waals surface area (Å²) in [6, 6.07) is 4.30. The van der Waals surface area contributed by atoms with Gasteiger partial charge < -0.3 is 14.5 Å². The van der Waals surface area contributed by atoms with E-state index < -0.39 is 0 Å². The molecule has 0 aliphatic carbocycles. The fraction of sp³-hybridized carbons (Fsp3) is 0.348. The number of aromatic nitrogens is 5. The molecule has 1 fully saturated rings. The summed E-state index contributed by atoms with van der Waals surface area (Å²) in [5.41, 5.74) is 8.43. The summed E-state index contributed by atoms with van der Waals surface area (Å²) in [4.78, 5) is 18.0. The Morgan fingerprint density at radius 3 is 2.82 bits per heavy atom. The van der Waals surface area contributed by atoms with Crippen LogP contribution in [0.2, 0.25) is 0 Å². The summed E-state index contributed by atoms with van der Waals surface area (Å²) in [6.07, 6.45) is 9.31. The number of hydrogen-bond acceptors (Lipinski definition) is 7. The molecule has 0 saturated carbocycles. The molecule has 2 N–H and O–H groups in total. The molecule has 0 spiro atoms. The van der Waals surface area contributed by atoms with Gasteiger partial charge in [-0.2, -0.15) is 5.10 Å². The van der Waals surface area contributed by atoms with Gasteiger partial charge in [-0.3, -0.25) is 19.2 Å². The molecule has 170 valence electrons. The van der Waals surface area contributed by atoms with Crippen LogP contribution in [0.4, 0.5) is 0 Å². The van der Waals surface area contributed by atoms with Crippen LogP contribution in [-0.2, 0) is 11.8 Å². The van der Waals surface area contributed by atoms with E-state index in [9.17, 15) is 4.79 Å². The molecule has 2 aliphatic heterocycles. The molecule has 10 heteroatoms. The normalized spacial score (nSPS) is 17.3. The van der Waals surface area contributed by atoms with Gasteiger partial charge in [0.2, 0.25) is 0 Å². The van der Waals surface area contributed by atoms with E-state index in [0.717, 1.165) is 64.8 Å². The van der Waals surface area contributed by atoms with Gasteiger partial charge in [0.05, 0.1) is 48.3 Å². The van der Waals surface area contributed by atoms with Crippen molar-refractivity contribution in [1.82, 2.24) is 34.8 Å². The molecule has 1 aromatic carbocycles. The van der Waals surface area contributed by atoms with Crippen molar-refractivity contribution in [2.45, 2.75) is 18.9 Å². The van der Waals surface area contributed by atoms with Gasteiger partial charge in [0.1, 0.15) is 5.75 Å². The summed E-state index contributed by atoms with van der Waals surface area (Å²) in [7, 11) is 3.43. The zero-order chi connectivity index (χ0) is 22.5. The highest BCUT2D eigenvalue weighted by Crippen LogP contribution is 2.36. The van der Waals surface area contributed by atoms with Crippen LogP contribution in [0.1, 0.15) is 12.8 Å². The predicted octanol–water partition coefficient (Wildman–Crippen LogP) is 2.08. The van der Waals surface area contributed by atoms with E-state index >= 15 is 0 Å². The van der Waals surface area contributed by atoms with Crippen molar-refractivity contribution in [3.05, 3.63) is 47.4 Å². The fourth-order valence-electron chi connectivity index (χ4n) is 4.84. The van der Waals surface area contributed by atoms with Crippen molar-refractivity contribution in [1.29, 1.82) is 0 Å². The second-order valence-corrected chi connectivity index (χ2v) is 8.43. The highest BCUT2D eigenvalue weighted by molar-refractivity contribution is 6.06. The first-order valence-corrected chi connectivity index (χ1v) is 11.0. The highest BCUT2D eigenvalue weighted by Gasteiger charge is 2.27. The van der Waals surface area contributed by atoms with Crippen molar-refractivity contribution < 1.29 is 9.47 Å². The minimum atomic E-state index is -0.0955. The van der Waals surface area contributed by atoms with Gasteiger partial charge in [0.15, 0.2) is 0 Å². The number of ether oxygens (including phenoxy) is 2. The maximum atomic E-state index is 13.4. The van der Waals surface area contributed by atoms with Gasteiger partial charge >= 0.3 is 5.69 Å². The number of imidazole rings is 1. The van der Waals surface area contributed by atoms with Crippen molar-refractivity contribution in [3.8, 4) is 16.9 Å². The molecule has 33 heavy (non-hydrogen) atoms. The SMILES string of the molecule is COc1cc2ncc3c(c2cc1-c1cn[nH]c1)n(C1=CN(C2CCOCC2)NC1)c(=O)n3C. The second-order valence-electron chi connectivity index (χ2n) is 8.43. The van der Waals surface area contributed by atoms with E-state index in [1.807, 2.05) is 18.3 Å². The summed E-state index contributed by atoms with van der Waals surface area (Å²) >= 11 is 0. The average Bonchev–Trinajstić information content (AvgIpc) is 3.60. The summed E-state index contributed by atoms with van der Waals surface area (Å²) < 4.78 is 14.6. The third-order valence-corrected chi connectivity index (χ3v) is 6.62. The van der Waals surface area contributed by atoms with Crippen LogP contribution in [0.25, 0.3) is 38.8 Å². The van der Waals surface area contributed by atoms with Gasteiger partial charge in [-0.15, -0.1) is 0 Å². The predicted molar refractivity (Wildman–Crippen MR) is 125 cm³/mol. The zero-order valence-electron chi connectivity index (χ0n) is 18.5. The number of aromatic amines is 1. The van der Waals surface area contributed by atoms with E-state index in [0.29, 0.717) is 18.3 Å². The van der Waals surface area contributed by atoms with Gasteiger partial charge in [-0.25, -0.2) is 10.2 Å². The zero-order valence-corrected chi connectivity index (χ0v) is 18.5. The number of H-pyrrole nitrogens is 1. The molecule has 6 rings (SSSR count). The summed E-state index contributed by atoms with van der Waals surface area (Å²) in [6.45, 7) is 2.09. The Kier molecular flexibility index (Phi) is 4.70. The number of nitrogens with zero attached hydrogens (tertiary/aromatic N) is 5. The van der Waals surface area contributed by atoms with Gasteiger partial charge in [0.25, 0.3) is 0 Å².